The molecule has 1 N–H and O–H groups in total. The predicted octanol–water partition coefficient (Wildman–Crippen LogP) is 3.13. The van der Waals surface area contributed by atoms with E-state index in [1.54, 1.807) is 12.4 Å². The van der Waals surface area contributed by atoms with Crippen LogP contribution in [0.15, 0.2) is 35.0 Å². The van der Waals surface area contributed by atoms with Crippen LogP contribution in [0.2, 0.25) is 0 Å². The molecule has 2 atom stereocenters. The first-order valence-corrected chi connectivity index (χ1v) is 5.74. The van der Waals surface area contributed by atoms with Crippen LogP contribution in [-0.4, -0.2) is 10.1 Å². The molecular weight excluding hydrogens is 214 g/mol. The van der Waals surface area contributed by atoms with E-state index in [0.29, 0.717) is 0 Å². The highest BCUT2D eigenvalue weighted by Crippen LogP contribution is 2.33. The number of nitrogens with zero attached hydrogens (tertiary/aromatic N) is 1. The van der Waals surface area contributed by atoms with Gasteiger partial charge in [0.05, 0.1) is 6.10 Å². The number of furan rings is 1. The Hall–Kier alpha value is -1.61. The third-order valence-electron chi connectivity index (χ3n) is 3.10. The molecule has 0 amide bonds. The van der Waals surface area contributed by atoms with E-state index >= 15 is 0 Å². The SMILES string of the molecule is Cc1cc(C(O)C(C)c2ccncc2)c(C)o1. The predicted molar refractivity (Wildman–Crippen MR) is 65.8 cm³/mol. The van der Waals surface area contributed by atoms with E-state index in [1.807, 2.05) is 39.0 Å². The van der Waals surface area contributed by atoms with Crippen molar-refractivity contribution in [2.45, 2.75) is 32.8 Å². The van der Waals surface area contributed by atoms with Crippen LogP contribution in [0.3, 0.4) is 0 Å². The summed E-state index contributed by atoms with van der Waals surface area (Å²) in [5.74, 6) is 1.64. The standard InChI is InChI=1S/C14H17NO2/c1-9-8-13(11(3)17-9)14(16)10(2)12-4-6-15-7-5-12/h4-8,10,14,16H,1-3H3. The van der Waals surface area contributed by atoms with Crippen LogP contribution in [0.5, 0.6) is 0 Å². The Labute approximate surface area is 101 Å². The molecule has 0 radical (unpaired) electrons. The number of rotatable bonds is 3. The molecule has 2 rings (SSSR count). The first-order chi connectivity index (χ1) is 8.09. The summed E-state index contributed by atoms with van der Waals surface area (Å²) in [5, 5.41) is 10.4. The third kappa shape index (κ3) is 2.39. The van der Waals surface area contributed by atoms with Crippen LogP contribution in [0.4, 0.5) is 0 Å². The van der Waals surface area contributed by atoms with Crippen LogP contribution in [0.1, 0.15) is 41.6 Å². The highest BCUT2D eigenvalue weighted by Gasteiger charge is 2.22. The lowest BCUT2D eigenvalue weighted by Gasteiger charge is -2.18. The Bertz CT molecular complexity index is 490. The van der Waals surface area contributed by atoms with Gasteiger partial charge >= 0.3 is 0 Å². The van der Waals surface area contributed by atoms with E-state index in [9.17, 15) is 5.11 Å². The lowest BCUT2D eigenvalue weighted by Crippen LogP contribution is -2.08. The highest BCUT2D eigenvalue weighted by atomic mass is 16.3. The van der Waals surface area contributed by atoms with Crippen molar-refractivity contribution in [3.8, 4) is 0 Å². The molecule has 2 aromatic heterocycles. The van der Waals surface area contributed by atoms with Crippen molar-refractivity contribution >= 4 is 0 Å². The van der Waals surface area contributed by atoms with E-state index in [0.717, 1.165) is 22.6 Å². The molecule has 17 heavy (non-hydrogen) atoms. The van der Waals surface area contributed by atoms with Gasteiger partial charge in [0.2, 0.25) is 0 Å². The molecule has 0 bridgehead atoms. The lowest BCUT2D eigenvalue weighted by atomic mass is 9.91. The molecule has 0 saturated carbocycles. The Morgan fingerprint density at radius 1 is 1.24 bits per heavy atom. The number of aromatic nitrogens is 1. The van der Waals surface area contributed by atoms with Crippen LogP contribution < -0.4 is 0 Å². The average Bonchev–Trinajstić information content (AvgIpc) is 2.68. The summed E-state index contributed by atoms with van der Waals surface area (Å²) in [5.41, 5.74) is 1.94. The number of hydrogen-bond donors (Lipinski definition) is 1. The summed E-state index contributed by atoms with van der Waals surface area (Å²) >= 11 is 0. The second-order valence-corrected chi connectivity index (χ2v) is 4.38. The summed E-state index contributed by atoms with van der Waals surface area (Å²) in [6, 6.07) is 5.75. The van der Waals surface area contributed by atoms with Gasteiger partial charge in [0, 0.05) is 23.9 Å². The minimum Gasteiger partial charge on any atom is -0.466 e. The van der Waals surface area contributed by atoms with E-state index in [2.05, 4.69) is 4.98 Å². The highest BCUT2D eigenvalue weighted by molar-refractivity contribution is 5.27. The zero-order valence-electron chi connectivity index (χ0n) is 10.3. The van der Waals surface area contributed by atoms with Crippen molar-refractivity contribution in [2.75, 3.05) is 0 Å². The van der Waals surface area contributed by atoms with E-state index < -0.39 is 6.10 Å². The summed E-state index contributed by atoms with van der Waals surface area (Å²) in [6.45, 7) is 5.77. The van der Waals surface area contributed by atoms with E-state index in [-0.39, 0.29) is 5.92 Å². The molecule has 2 heterocycles. The zero-order valence-corrected chi connectivity index (χ0v) is 10.3. The van der Waals surface area contributed by atoms with E-state index in [4.69, 9.17) is 4.42 Å². The zero-order chi connectivity index (χ0) is 12.4. The minimum absolute atomic E-state index is 0.0219. The molecule has 0 fully saturated rings. The van der Waals surface area contributed by atoms with Gasteiger partial charge < -0.3 is 9.52 Å². The van der Waals surface area contributed by atoms with Crippen molar-refractivity contribution in [3.63, 3.8) is 0 Å². The largest absolute Gasteiger partial charge is 0.466 e. The smallest absolute Gasteiger partial charge is 0.106 e. The second-order valence-electron chi connectivity index (χ2n) is 4.38. The maximum Gasteiger partial charge on any atom is 0.106 e. The molecule has 3 heteroatoms. The van der Waals surface area contributed by atoms with Gasteiger partial charge in [-0.2, -0.15) is 0 Å². The lowest BCUT2D eigenvalue weighted by molar-refractivity contribution is 0.150. The first-order valence-electron chi connectivity index (χ1n) is 5.74. The maximum atomic E-state index is 10.4. The molecule has 0 spiro atoms. The molecule has 90 valence electrons. The summed E-state index contributed by atoms with van der Waals surface area (Å²) in [7, 11) is 0. The molecule has 0 aromatic carbocycles. The van der Waals surface area contributed by atoms with Crippen molar-refractivity contribution < 1.29 is 9.52 Å². The minimum atomic E-state index is -0.546. The Morgan fingerprint density at radius 3 is 2.41 bits per heavy atom. The van der Waals surface area contributed by atoms with Crippen molar-refractivity contribution in [1.82, 2.24) is 4.98 Å². The Balaban J connectivity index is 2.26. The van der Waals surface area contributed by atoms with Crippen LogP contribution in [-0.2, 0) is 0 Å². The van der Waals surface area contributed by atoms with Gasteiger partial charge in [-0.05, 0) is 37.6 Å². The monoisotopic (exact) mass is 231 g/mol. The van der Waals surface area contributed by atoms with Gasteiger partial charge in [-0.15, -0.1) is 0 Å². The number of pyridine rings is 1. The Morgan fingerprint density at radius 2 is 1.88 bits per heavy atom. The molecule has 2 unspecified atom stereocenters. The average molecular weight is 231 g/mol. The third-order valence-corrected chi connectivity index (χ3v) is 3.10. The topological polar surface area (TPSA) is 46.3 Å². The van der Waals surface area contributed by atoms with Crippen LogP contribution >= 0.6 is 0 Å². The van der Waals surface area contributed by atoms with Crippen molar-refractivity contribution in [2.24, 2.45) is 0 Å². The number of aryl methyl sites for hydroxylation is 2. The second kappa shape index (κ2) is 4.72. The molecule has 2 aromatic rings. The molecule has 0 aliphatic carbocycles. The number of aliphatic hydroxyl groups is 1. The molecule has 0 aliphatic rings. The fourth-order valence-corrected chi connectivity index (χ4v) is 2.06. The number of aliphatic hydroxyl groups excluding tert-OH is 1. The van der Waals surface area contributed by atoms with Gasteiger partial charge in [-0.25, -0.2) is 0 Å². The summed E-state index contributed by atoms with van der Waals surface area (Å²) < 4.78 is 5.45. The number of hydrogen-bond acceptors (Lipinski definition) is 3. The normalized spacial score (nSPS) is 14.6. The molecule has 0 aliphatic heterocycles. The van der Waals surface area contributed by atoms with Gasteiger partial charge in [-0.3, -0.25) is 4.98 Å². The fraction of sp³-hybridized carbons (Fsp3) is 0.357. The molecule has 3 nitrogen and oxygen atoms in total. The van der Waals surface area contributed by atoms with Gasteiger partial charge in [0.25, 0.3) is 0 Å². The molecular formula is C14H17NO2. The van der Waals surface area contributed by atoms with Crippen molar-refractivity contribution in [3.05, 3.63) is 53.2 Å². The quantitative estimate of drug-likeness (QED) is 0.882. The van der Waals surface area contributed by atoms with Crippen LogP contribution in [0, 0.1) is 13.8 Å². The van der Waals surface area contributed by atoms with Gasteiger partial charge in [0.1, 0.15) is 11.5 Å². The van der Waals surface area contributed by atoms with Gasteiger partial charge in [-0.1, -0.05) is 6.92 Å². The maximum absolute atomic E-state index is 10.4. The summed E-state index contributed by atoms with van der Waals surface area (Å²) in [6.07, 6.45) is 2.94. The van der Waals surface area contributed by atoms with Crippen LogP contribution in [0.25, 0.3) is 0 Å². The fourth-order valence-electron chi connectivity index (χ4n) is 2.06. The van der Waals surface area contributed by atoms with E-state index in [1.165, 1.54) is 0 Å². The molecule has 0 saturated heterocycles. The van der Waals surface area contributed by atoms with Gasteiger partial charge in [0.15, 0.2) is 0 Å². The summed E-state index contributed by atoms with van der Waals surface area (Å²) in [4.78, 5) is 3.98. The Kier molecular flexibility index (Phi) is 3.29. The van der Waals surface area contributed by atoms with Crippen molar-refractivity contribution in [1.29, 1.82) is 0 Å². The first kappa shape index (κ1) is 11.9.